The van der Waals surface area contributed by atoms with Crippen LogP contribution >= 0.6 is 23.2 Å². The van der Waals surface area contributed by atoms with E-state index in [-0.39, 0.29) is 18.2 Å². The Hall–Kier alpha value is -1.76. The number of hydrogen-bond acceptors (Lipinski definition) is 4. The molecule has 1 unspecified atom stereocenters. The van der Waals surface area contributed by atoms with Crippen molar-refractivity contribution < 1.29 is 14.6 Å². The molecule has 28 heavy (non-hydrogen) atoms. The van der Waals surface area contributed by atoms with Crippen molar-refractivity contribution in [2.45, 2.75) is 44.8 Å². The Morgan fingerprint density at radius 2 is 2.14 bits per heavy atom. The SMILES string of the molecule is CCCn1cc(Cl)c(C(=O)N2CCCC(O)(COc3cccc(Cl)c3)CC2)n1. The second-order valence-electron chi connectivity index (χ2n) is 7.20. The maximum absolute atomic E-state index is 12.9. The molecule has 1 aromatic carbocycles. The molecule has 8 heteroatoms. The highest BCUT2D eigenvalue weighted by molar-refractivity contribution is 6.33. The number of nitrogens with zero attached hydrogens (tertiary/aromatic N) is 3. The molecule has 3 rings (SSSR count). The molecule has 1 aromatic heterocycles. The van der Waals surface area contributed by atoms with Crippen molar-refractivity contribution in [2.24, 2.45) is 0 Å². The van der Waals surface area contributed by atoms with E-state index < -0.39 is 5.60 Å². The number of benzene rings is 1. The van der Waals surface area contributed by atoms with Gasteiger partial charge in [-0.2, -0.15) is 5.10 Å². The Bertz CT molecular complexity index is 827. The van der Waals surface area contributed by atoms with Gasteiger partial charge in [0, 0.05) is 30.9 Å². The molecule has 0 radical (unpaired) electrons. The van der Waals surface area contributed by atoms with E-state index in [2.05, 4.69) is 5.10 Å². The summed E-state index contributed by atoms with van der Waals surface area (Å²) < 4.78 is 7.44. The summed E-state index contributed by atoms with van der Waals surface area (Å²) in [6, 6.07) is 7.09. The minimum absolute atomic E-state index is 0.154. The molecule has 1 aliphatic rings. The summed E-state index contributed by atoms with van der Waals surface area (Å²) in [6.07, 6.45) is 4.25. The summed E-state index contributed by atoms with van der Waals surface area (Å²) in [5.74, 6) is 0.422. The van der Waals surface area contributed by atoms with Crippen molar-refractivity contribution in [3.63, 3.8) is 0 Å². The fraction of sp³-hybridized carbons (Fsp3) is 0.500. The average molecular weight is 426 g/mol. The lowest BCUT2D eigenvalue weighted by atomic mass is 9.96. The first-order valence-electron chi connectivity index (χ1n) is 9.53. The molecule has 0 bridgehead atoms. The molecule has 0 saturated carbocycles. The number of aromatic nitrogens is 2. The Morgan fingerprint density at radius 1 is 1.32 bits per heavy atom. The van der Waals surface area contributed by atoms with Crippen molar-refractivity contribution in [3.8, 4) is 5.75 Å². The van der Waals surface area contributed by atoms with Gasteiger partial charge in [0.15, 0.2) is 5.69 Å². The lowest BCUT2D eigenvalue weighted by Crippen LogP contribution is -2.38. The van der Waals surface area contributed by atoms with Gasteiger partial charge in [0.1, 0.15) is 18.0 Å². The summed E-state index contributed by atoms with van der Waals surface area (Å²) in [6.45, 7) is 3.88. The van der Waals surface area contributed by atoms with E-state index >= 15 is 0 Å². The van der Waals surface area contributed by atoms with Crippen LogP contribution in [0.4, 0.5) is 0 Å². The van der Waals surface area contributed by atoms with Gasteiger partial charge in [0.05, 0.1) is 5.02 Å². The lowest BCUT2D eigenvalue weighted by Gasteiger charge is -2.27. The Kier molecular flexibility index (Phi) is 6.86. The number of carbonyl (C=O) groups is 1. The fourth-order valence-corrected chi connectivity index (χ4v) is 3.75. The van der Waals surface area contributed by atoms with Gasteiger partial charge in [-0.25, -0.2) is 0 Å². The Labute approximate surface area is 175 Å². The molecule has 1 aliphatic heterocycles. The van der Waals surface area contributed by atoms with Crippen LogP contribution in [0.3, 0.4) is 0 Å². The molecule has 2 aromatic rings. The second kappa shape index (κ2) is 9.16. The Balaban J connectivity index is 1.61. The number of aryl methyl sites for hydroxylation is 1. The van der Waals surface area contributed by atoms with E-state index in [1.807, 2.05) is 6.92 Å². The number of aliphatic hydroxyl groups is 1. The first-order valence-corrected chi connectivity index (χ1v) is 10.3. The summed E-state index contributed by atoms with van der Waals surface area (Å²) in [5, 5.41) is 16.2. The number of amides is 1. The van der Waals surface area contributed by atoms with Gasteiger partial charge in [-0.15, -0.1) is 0 Å². The number of likely N-dealkylation sites (tertiary alicyclic amines) is 1. The summed E-state index contributed by atoms with van der Waals surface area (Å²) in [5.41, 5.74) is -0.723. The number of carbonyl (C=O) groups excluding carboxylic acids is 1. The van der Waals surface area contributed by atoms with Crippen LogP contribution in [0.25, 0.3) is 0 Å². The highest BCUT2D eigenvalue weighted by atomic mass is 35.5. The van der Waals surface area contributed by atoms with Crippen molar-refractivity contribution in [3.05, 3.63) is 46.2 Å². The molecule has 6 nitrogen and oxygen atoms in total. The van der Waals surface area contributed by atoms with Crippen LogP contribution in [0.2, 0.25) is 10.0 Å². The normalized spacial score (nSPS) is 20.1. The molecule has 2 heterocycles. The molecule has 1 fully saturated rings. The van der Waals surface area contributed by atoms with Crippen LogP contribution < -0.4 is 4.74 Å². The van der Waals surface area contributed by atoms with Crippen molar-refractivity contribution in [2.75, 3.05) is 19.7 Å². The third-order valence-corrected chi connectivity index (χ3v) is 5.39. The van der Waals surface area contributed by atoms with Gasteiger partial charge in [0.2, 0.25) is 0 Å². The summed E-state index contributed by atoms with van der Waals surface area (Å²) in [4.78, 5) is 14.6. The quantitative estimate of drug-likeness (QED) is 0.757. The minimum atomic E-state index is -0.997. The second-order valence-corrected chi connectivity index (χ2v) is 8.05. The molecule has 1 saturated heterocycles. The third-order valence-electron chi connectivity index (χ3n) is 4.88. The number of halogens is 2. The van der Waals surface area contributed by atoms with Crippen LogP contribution in [-0.4, -0.2) is 51.0 Å². The standard InChI is InChI=1S/C20H25Cl2N3O3/c1-2-9-25-13-17(22)18(23-25)19(26)24-10-4-7-20(27,8-11-24)14-28-16-6-3-5-15(21)12-16/h3,5-6,12-13,27H,2,4,7-11,14H2,1H3. The fourth-order valence-electron chi connectivity index (χ4n) is 3.34. The molecule has 0 spiro atoms. The van der Waals surface area contributed by atoms with E-state index in [1.54, 1.807) is 40.0 Å². The molecule has 152 valence electrons. The summed E-state index contributed by atoms with van der Waals surface area (Å²) >= 11 is 12.2. The smallest absolute Gasteiger partial charge is 0.275 e. The first kappa shape index (κ1) is 21.0. The zero-order valence-electron chi connectivity index (χ0n) is 15.9. The predicted octanol–water partition coefficient (Wildman–Crippen LogP) is 4.04. The minimum Gasteiger partial charge on any atom is -0.491 e. The number of hydrogen-bond donors (Lipinski definition) is 1. The van der Waals surface area contributed by atoms with Crippen molar-refractivity contribution in [1.29, 1.82) is 0 Å². The van der Waals surface area contributed by atoms with Crippen LogP contribution in [0.1, 0.15) is 43.1 Å². The number of ether oxygens (including phenoxy) is 1. The van der Waals surface area contributed by atoms with E-state index in [1.165, 1.54) is 0 Å². The zero-order chi connectivity index (χ0) is 20.1. The van der Waals surface area contributed by atoms with Gasteiger partial charge in [-0.05, 0) is 43.9 Å². The zero-order valence-corrected chi connectivity index (χ0v) is 17.4. The van der Waals surface area contributed by atoms with E-state index in [9.17, 15) is 9.90 Å². The van der Waals surface area contributed by atoms with Gasteiger partial charge >= 0.3 is 0 Å². The van der Waals surface area contributed by atoms with E-state index in [0.29, 0.717) is 54.7 Å². The molecule has 1 atom stereocenters. The number of rotatable bonds is 6. The molecular weight excluding hydrogens is 401 g/mol. The summed E-state index contributed by atoms with van der Waals surface area (Å²) in [7, 11) is 0. The largest absolute Gasteiger partial charge is 0.491 e. The van der Waals surface area contributed by atoms with Gasteiger partial charge in [-0.3, -0.25) is 9.48 Å². The van der Waals surface area contributed by atoms with Crippen LogP contribution in [0.5, 0.6) is 5.75 Å². The predicted molar refractivity (Wildman–Crippen MR) is 109 cm³/mol. The van der Waals surface area contributed by atoms with Crippen LogP contribution in [0.15, 0.2) is 30.5 Å². The molecular formula is C20H25Cl2N3O3. The molecule has 1 amide bonds. The lowest BCUT2D eigenvalue weighted by molar-refractivity contribution is -0.0163. The highest BCUT2D eigenvalue weighted by Crippen LogP contribution is 2.26. The van der Waals surface area contributed by atoms with E-state index in [0.717, 1.165) is 6.42 Å². The van der Waals surface area contributed by atoms with Crippen molar-refractivity contribution >= 4 is 29.1 Å². The van der Waals surface area contributed by atoms with Gasteiger partial charge < -0.3 is 14.7 Å². The van der Waals surface area contributed by atoms with E-state index in [4.69, 9.17) is 27.9 Å². The first-order chi connectivity index (χ1) is 13.4. The van der Waals surface area contributed by atoms with Crippen molar-refractivity contribution in [1.82, 2.24) is 14.7 Å². The van der Waals surface area contributed by atoms with Crippen LogP contribution in [0, 0.1) is 0 Å². The molecule has 0 aliphatic carbocycles. The maximum Gasteiger partial charge on any atom is 0.275 e. The van der Waals surface area contributed by atoms with Crippen LogP contribution in [-0.2, 0) is 6.54 Å². The maximum atomic E-state index is 12.9. The van der Waals surface area contributed by atoms with Gasteiger partial charge in [0.25, 0.3) is 5.91 Å². The third kappa shape index (κ3) is 5.19. The topological polar surface area (TPSA) is 67.6 Å². The molecule has 1 N–H and O–H groups in total. The monoisotopic (exact) mass is 425 g/mol. The average Bonchev–Trinajstić information content (AvgIpc) is 2.91. The highest BCUT2D eigenvalue weighted by Gasteiger charge is 2.33. The van der Waals surface area contributed by atoms with Gasteiger partial charge in [-0.1, -0.05) is 36.2 Å². The Morgan fingerprint density at radius 3 is 2.89 bits per heavy atom.